The van der Waals surface area contributed by atoms with Crippen molar-refractivity contribution in [2.24, 2.45) is 0 Å². The van der Waals surface area contributed by atoms with Gasteiger partial charge in [-0.05, 0) is 89.4 Å². The summed E-state index contributed by atoms with van der Waals surface area (Å²) in [6, 6.07) is 11.4. The molecule has 0 spiro atoms. The summed E-state index contributed by atoms with van der Waals surface area (Å²) in [5, 5.41) is 6.99. The molecule has 1 saturated heterocycles. The van der Waals surface area contributed by atoms with Crippen LogP contribution in [-0.2, 0) is 33.7 Å². The Bertz CT molecular complexity index is 1420. The average molecular weight is 603 g/mol. The van der Waals surface area contributed by atoms with Crippen LogP contribution in [0.5, 0.6) is 11.5 Å². The second kappa shape index (κ2) is 12.1. The molecule has 0 aliphatic carbocycles. The quantitative estimate of drug-likeness (QED) is 0.312. The monoisotopic (exact) mass is 603 g/mol. The molecule has 4 rings (SSSR count). The van der Waals surface area contributed by atoms with Crippen molar-refractivity contribution in [2.45, 2.75) is 91.3 Å². The van der Waals surface area contributed by atoms with Gasteiger partial charge in [0.15, 0.2) is 0 Å². The fourth-order valence-corrected chi connectivity index (χ4v) is 4.25. The Hall–Kier alpha value is -3.71. The molecule has 1 aliphatic rings. The Kier molecular flexibility index (Phi) is 9.08. The molecule has 9 nitrogen and oxygen atoms in total. The van der Waals surface area contributed by atoms with Gasteiger partial charge in [-0.25, -0.2) is 4.79 Å². The Labute approximate surface area is 249 Å². The average Bonchev–Trinajstić information content (AvgIpc) is 3.40. The molecule has 232 valence electrons. The summed E-state index contributed by atoms with van der Waals surface area (Å²) in [5.41, 5.74) is 0.884. The number of nitrogens with one attached hydrogen (secondary N) is 1. The highest BCUT2D eigenvalue weighted by Gasteiger charge is 2.52. The lowest BCUT2D eigenvalue weighted by atomic mass is 9.82. The number of rotatable bonds is 9. The Morgan fingerprint density at radius 1 is 0.977 bits per heavy atom. The van der Waals surface area contributed by atoms with Gasteiger partial charge in [-0.15, -0.1) is 13.2 Å². The zero-order valence-electron chi connectivity index (χ0n) is 25.4. The van der Waals surface area contributed by atoms with E-state index in [2.05, 4.69) is 15.2 Å². The van der Waals surface area contributed by atoms with Crippen LogP contribution in [0.15, 0.2) is 54.9 Å². The predicted molar refractivity (Wildman–Crippen MR) is 154 cm³/mol. The summed E-state index contributed by atoms with van der Waals surface area (Å²) in [4.78, 5) is 12.0. The third-order valence-electron chi connectivity index (χ3n) is 6.92. The molecule has 43 heavy (non-hydrogen) atoms. The molecule has 1 N–H and O–H groups in total. The fraction of sp³-hybridized carbons (Fsp3) is 0.467. The summed E-state index contributed by atoms with van der Waals surface area (Å²) in [5.74, 6) is 0.103. The molecule has 2 aromatic carbocycles. The van der Waals surface area contributed by atoms with Gasteiger partial charge in [0.2, 0.25) is 0 Å². The maximum atomic E-state index is 13.0. The van der Waals surface area contributed by atoms with Crippen LogP contribution < -0.4 is 20.3 Å². The minimum Gasteiger partial charge on any atom is -0.489 e. The number of amides is 1. The van der Waals surface area contributed by atoms with E-state index in [1.807, 2.05) is 52.1 Å². The van der Waals surface area contributed by atoms with Crippen molar-refractivity contribution in [3.05, 3.63) is 71.5 Å². The minimum atomic E-state index is -4.88. The number of carbonyl (C=O) groups excluding carboxylic acids is 1. The molecule has 2 heterocycles. The summed E-state index contributed by atoms with van der Waals surface area (Å²) >= 11 is 0. The van der Waals surface area contributed by atoms with Gasteiger partial charge in [-0.1, -0.05) is 18.2 Å². The summed E-state index contributed by atoms with van der Waals surface area (Å²) < 4.78 is 68.1. The maximum absolute atomic E-state index is 13.0. The smallest absolute Gasteiger partial charge is 0.489 e. The number of aromatic nitrogens is 2. The van der Waals surface area contributed by atoms with Gasteiger partial charge >= 0.3 is 19.6 Å². The van der Waals surface area contributed by atoms with E-state index in [1.54, 1.807) is 43.8 Å². The highest BCUT2D eigenvalue weighted by molar-refractivity contribution is 6.62. The van der Waals surface area contributed by atoms with Crippen molar-refractivity contribution < 1.29 is 41.5 Å². The molecule has 1 fully saturated rings. The topological polar surface area (TPSA) is 93.1 Å². The molecular weight excluding hydrogens is 566 g/mol. The predicted octanol–water partition coefficient (Wildman–Crippen LogP) is 5.73. The van der Waals surface area contributed by atoms with Crippen LogP contribution >= 0.6 is 0 Å². The van der Waals surface area contributed by atoms with Gasteiger partial charge in [0.25, 0.3) is 0 Å². The zero-order chi connectivity index (χ0) is 31.6. The number of carbonyl (C=O) groups is 1. The molecule has 1 aromatic heterocycles. The van der Waals surface area contributed by atoms with E-state index in [9.17, 15) is 18.0 Å². The molecule has 0 saturated carbocycles. The third-order valence-corrected chi connectivity index (χ3v) is 6.92. The number of alkyl halides is 3. The van der Waals surface area contributed by atoms with Crippen molar-refractivity contribution in [1.82, 2.24) is 15.1 Å². The zero-order valence-corrected chi connectivity index (χ0v) is 25.4. The van der Waals surface area contributed by atoms with Crippen LogP contribution in [0.4, 0.5) is 18.0 Å². The summed E-state index contributed by atoms with van der Waals surface area (Å²) in [6.07, 6.45) is -1.98. The molecule has 0 atom stereocenters. The van der Waals surface area contributed by atoms with Crippen LogP contribution in [0.1, 0.15) is 65.2 Å². The van der Waals surface area contributed by atoms with E-state index in [0.29, 0.717) is 23.4 Å². The van der Waals surface area contributed by atoms with Crippen LogP contribution in [0.2, 0.25) is 0 Å². The summed E-state index contributed by atoms with van der Waals surface area (Å²) in [7, 11) is -0.519. The molecule has 0 unspecified atom stereocenters. The molecule has 3 aromatic rings. The first-order valence-electron chi connectivity index (χ1n) is 13.8. The molecule has 0 bridgehead atoms. The maximum Gasteiger partial charge on any atom is 0.573 e. The minimum absolute atomic E-state index is 0.0359. The summed E-state index contributed by atoms with van der Waals surface area (Å²) in [6.45, 7) is 13.4. The lowest BCUT2D eigenvalue weighted by molar-refractivity contribution is -0.274. The standard InChI is InChI=1S/C30H37BF3N3O6/c1-27(2,3)41-26(38)35-15-21-11-22(14-25(13-21)40-30(32,33)34)19-39-24-10-8-9-20(12-24)17-37-18-23(16-36-37)31-42-28(4,5)29(6,7)43-31/h8-14,16,18H,15,17,19H2,1-7H3,(H,35,38). The van der Waals surface area contributed by atoms with Gasteiger partial charge in [0.05, 0.1) is 17.7 Å². The molecule has 1 amide bonds. The first kappa shape index (κ1) is 32.2. The van der Waals surface area contributed by atoms with Crippen molar-refractivity contribution in [3.8, 4) is 11.5 Å². The highest BCUT2D eigenvalue weighted by Crippen LogP contribution is 2.36. The Morgan fingerprint density at radius 3 is 2.28 bits per heavy atom. The van der Waals surface area contributed by atoms with Crippen molar-refractivity contribution in [2.75, 3.05) is 0 Å². The number of halogens is 3. The third kappa shape index (κ3) is 9.14. The number of benzene rings is 2. The largest absolute Gasteiger partial charge is 0.573 e. The molecular formula is C30H37BF3N3O6. The molecule has 1 aliphatic heterocycles. The second-order valence-corrected chi connectivity index (χ2v) is 12.4. The number of alkyl carbamates (subject to hydrolysis) is 1. The Balaban J connectivity index is 1.41. The molecule has 13 heteroatoms. The van der Waals surface area contributed by atoms with Crippen LogP contribution in [0.25, 0.3) is 0 Å². The van der Waals surface area contributed by atoms with Gasteiger partial charge < -0.3 is 28.8 Å². The van der Waals surface area contributed by atoms with Crippen LogP contribution in [-0.4, -0.2) is 46.2 Å². The lowest BCUT2D eigenvalue weighted by Gasteiger charge is -2.32. The van der Waals surface area contributed by atoms with E-state index >= 15 is 0 Å². The van der Waals surface area contributed by atoms with Crippen LogP contribution in [0, 0.1) is 0 Å². The van der Waals surface area contributed by atoms with Crippen molar-refractivity contribution >= 4 is 18.7 Å². The normalized spacial score (nSPS) is 16.2. The van der Waals surface area contributed by atoms with Crippen molar-refractivity contribution in [1.29, 1.82) is 0 Å². The van der Waals surface area contributed by atoms with Gasteiger partial charge in [0, 0.05) is 24.4 Å². The number of hydrogen-bond donors (Lipinski definition) is 1. The van der Waals surface area contributed by atoms with Crippen molar-refractivity contribution in [3.63, 3.8) is 0 Å². The SMILES string of the molecule is CC(C)(C)OC(=O)NCc1cc(COc2cccc(Cn3cc(B4OC(C)(C)C(C)(C)O4)cn3)c2)cc(OC(F)(F)F)c1. The first-order chi connectivity index (χ1) is 19.9. The first-order valence-corrected chi connectivity index (χ1v) is 13.8. The van der Waals surface area contributed by atoms with E-state index in [1.165, 1.54) is 12.1 Å². The Morgan fingerprint density at radius 2 is 1.63 bits per heavy atom. The second-order valence-electron chi connectivity index (χ2n) is 12.4. The van der Waals surface area contributed by atoms with Gasteiger partial charge in [0.1, 0.15) is 23.7 Å². The highest BCUT2D eigenvalue weighted by atomic mass is 19.4. The van der Waals surface area contributed by atoms with Gasteiger partial charge in [-0.2, -0.15) is 5.10 Å². The van der Waals surface area contributed by atoms with E-state index in [0.717, 1.165) is 11.0 Å². The van der Waals surface area contributed by atoms with Gasteiger partial charge in [-0.3, -0.25) is 4.68 Å². The number of hydrogen-bond acceptors (Lipinski definition) is 7. The van der Waals surface area contributed by atoms with E-state index in [4.69, 9.17) is 18.8 Å². The van der Waals surface area contributed by atoms with E-state index < -0.39 is 42.1 Å². The lowest BCUT2D eigenvalue weighted by Crippen LogP contribution is -2.41. The van der Waals surface area contributed by atoms with Crippen LogP contribution in [0.3, 0.4) is 0 Å². The fourth-order valence-electron chi connectivity index (χ4n) is 4.25. The number of ether oxygens (including phenoxy) is 3. The van der Waals surface area contributed by atoms with E-state index in [-0.39, 0.29) is 13.2 Å². The molecule has 0 radical (unpaired) electrons. The number of nitrogens with zero attached hydrogens (tertiary/aromatic N) is 2.